The van der Waals surface area contributed by atoms with Crippen LogP contribution in [0.4, 0.5) is 0 Å². The Hall–Kier alpha value is -1.76. The Morgan fingerprint density at radius 1 is 1.20 bits per heavy atom. The Morgan fingerprint density at radius 3 is 2.80 bits per heavy atom. The van der Waals surface area contributed by atoms with Crippen molar-refractivity contribution in [1.29, 1.82) is 0 Å². The highest BCUT2D eigenvalue weighted by Gasteiger charge is 2.26. The molecule has 1 aliphatic rings. The van der Waals surface area contributed by atoms with Gasteiger partial charge in [0.25, 0.3) is 5.91 Å². The Labute approximate surface area is 155 Å². The molecule has 4 rings (SSSR count). The van der Waals surface area contributed by atoms with E-state index in [2.05, 4.69) is 29.6 Å². The maximum Gasteiger partial charge on any atom is 0.275 e. The van der Waals surface area contributed by atoms with Crippen LogP contribution in [0.5, 0.6) is 0 Å². The molecule has 130 valence electrons. The molecule has 6 heteroatoms. The van der Waals surface area contributed by atoms with Gasteiger partial charge in [-0.25, -0.2) is 4.98 Å². The van der Waals surface area contributed by atoms with E-state index in [9.17, 15) is 4.79 Å². The molecule has 1 amide bonds. The molecule has 3 heterocycles. The first-order valence-corrected chi connectivity index (χ1v) is 10.5. The van der Waals surface area contributed by atoms with E-state index < -0.39 is 0 Å². The van der Waals surface area contributed by atoms with Crippen molar-refractivity contribution in [1.82, 2.24) is 10.3 Å². The lowest BCUT2D eigenvalue weighted by Crippen LogP contribution is -3.14. The van der Waals surface area contributed by atoms with Gasteiger partial charge >= 0.3 is 0 Å². The van der Waals surface area contributed by atoms with Gasteiger partial charge in [-0.15, -0.1) is 22.7 Å². The number of thiophene rings is 1. The Bertz CT molecular complexity index is 802. The largest absolute Gasteiger partial charge is 0.346 e. The molecule has 0 saturated carbocycles. The van der Waals surface area contributed by atoms with E-state index in [1.807, 2.05) is 28.8 Å². The van der Waals surface area contributed by atoms with E-state index in [4.69, 9.17) is 4.98 Å². The minimum atomic E-state index is 0.154. The third kappa shape index (κ3) is 4.08. The van der Waals surface area contributed by atoms with E-state index in [-0.39, 0.29) is 5.91 Å². The van der Waals surface area contributed by atoms with Gasteiger partial charge in [0.15, 0.2) is 6.54 Å². The van der Waals surface area contributed by atoms with Crippen molar-refractivity contribution in [3.63, 3.8) is 0 Å². The number of fused-ring (bicyclic) bond motifs is 1. The van der Waals surface area contributed by atoms with Crippen LogP contribution in [-0.4, -0.2) is 30.5 Å². The van der Waals surface area contributed by atoms with Crippen LogP contribution in [-0.2, 0) is 11.3 Å². The second-order valence-corrected chi connectivity index (χ2v) is 8.67. The molecule has 4 nitrogen and oxygen atoms in total. The number of amides is 1. The van der Waals surface area contributed by atoms with Crippen molar-refractivity contribution in [3.05, 3.63) is 51.7 Å². The van der Waals surface area contributed by atoms with Gasteiger partial charge in [-0.05, 0) is 23.6 Å². The first-order chi connectivity index (χ1) is 12.3. The molecule has 1 aliphatic heterocycles. The van der Waals surface area contributed by atoms with Crippen LogP contribution >= 0.6 is 22.7 Å². The summed E-state index contributed by atoms with van der Waals surface area (Å²) in [4.78, 5) is 19.5. The maximum atomic E-state index is 12.1. The third-order valence-corrected chi connectivity index (χ3v) is 6.88. The fraction of sp³-hybridized carbons (Fsp3) is 0.368. The number of quaternary nitrogens is 1. The van der Waals surface area contributed by atoms with Gasteiger partial charge in [0.05, 0.1) is 34.9 Å². The van der Waals surface area contributed by atoms with Gasteiger partial charge in [-0.1, -0.05) is 18.2 Å². The summed E-state index contributed by atoms with van der Waals surface area (Å²) in [5.41, 5.74) is 1.12. The van der Waals surface area contributed by atoms with Gasteiger partial charge < -0.3 is 10.2 Å². The van der Waals surface area contributed by atoms with Crippen LogP contribution in [0.15, 0.2) is 41.8 Å². The van der Waals surface area contributed by atoms with Crippen LogP contribution < -0.4 is 10.2 Å². The fourth-order valence-electron chi connectivity index (χ4n) is 3.40. The van der Waals surface area contributed by atoms with Crippen LogP contribution in [0, 0.1) is 0 Å². The van der Waals surface area contributed by atoms with Crippen LogP contribution in [0.1, 0.15) is 28.6 Å². The number of piperidine rings is 1. The minimum absolute atomic E-state index is 0.154. The zero-order valence-corrected chi connectivity index (χ0v) is 15.7. The van der Waals surface area contributed by atoms with Crippen molar-refractivity contribution < 1.29 is 9.69 Å². The normalized spacial score (nSPS) is 20.6. The van der Waals surface area contributed by atoms with E-state index in [0.29, 0.717) is 19.0 Å². The molecule has 2 N–H and O–H groups in total. The highest BCUT2D eigenvalue weighted by atomic mass is 32.1. The summed E-state index contributed by atoms with van der Waals surface area (Å²) in [7, 11) is 0. The van der Waals surface area contributed by atoms with E-state index >= 15 is 0 Å². The van der Waals surface area contributed by atoms with Crippen molar-refractivity contribution in [2.24, 2.45) is 0 Å². The molecule has 0 bridgehead atoms. The van der Waals surface area contributed by atoms with Crippen LogP contribution in [0.3, 0.4) is 0 Å². The zero-order chi connectivity index (χ0) is 17.1. The Balaban J connectivity index is 1.27. The summed E-state index contributed by atoms with van der Waals surface area (Å²) >= 11 is 3.51. The molecular formula is C19H22N3OS2+. The summed E-state index contributed by atoms with van der Waals surface area (Å²) in [5, 5.41) is 6.34. The quantitative estimate of drug-likeness (QED) is 0.723. The summed E-state index contributed by atoms with van der Waals surface area (Å²) in [5.74, 6) is 0.706. The molecule has 1 saturated heterocycles. The first-order valence-electron chi connectivity index (χ1n) is 8.76. The summed E-state index contributed by atoms with van der Waals surface area (Å²) < 4.78 is 1.28. The number of carbonyl (C=O) groups is 1. The minimum Gasteiger partial charge on any atom is -0.346 e. The highest BCUT2D eigenvalue weighted by Crippen LogP contribution is 2.31. The number of hydrogen-bond donors (Lipinski definition) is 2. The third-order valence-electron chi connectivity index (χ3n) is 4.80. The molecule has 1 fully saturated rings. The number of thiazole rings is 1. The van der Waals surface area contributed by atoms with Gasteiger partial charge in [0.2, 0.25) is 0 Å². The number of para-hydroxylation sites is 1. The lowest BCUT2D eigenvalue weighted by Gasteiger charge is -2.27. The highest BCUT2D eigenvalue weighted by molar-refractivity contribution is 7.18. The van der Waals surface area contributed by atoms with Gasteiger partial charge in [-0.3, -0.25) is 4.79 Å². The molecule has 0 radical (unpaired) electrons. The van der Waals surface area contributed by atoms with Crippen molar-refractivity contribution in [2.75, 3.05) is 19.6 Å². The lowest BCUT2D eigenvalue weighted by atomic mass is 9.97. The lowest BCUT2D eigenvalue weighted by molar-refractivity contribution is -0.897. The predicted octanol–water partition coefficient (Wildman–Crippen LogP) is 2.44. The second kappa shape index (κ2) is 7.64. The predicted molar refractivity (Wildman–Crippen MR) is 103 cm³/mol. The second-order valence-electron chi connectivity index (χ2n) is 6.58. The number of likely N-dealkylation sites (tertiary alicyclic amines) is 1. The molecule has 1 aromatic carbocycles. The van der Waals surface area contributed by atoms with E-state index in [1.54, 1.807) is 11.3 Å². The number of benzene rings is 1. The average molecular weight is 373 g/mol. The molecule has 2 aromatic heterocycles. The number of nitrogens with zero attached hydrogens (tertiary/aromatic N) is 1. The summed E-state index contributed by atoms with van der Waals surface area (Å²) in [6, 6.07) is 12.4. The van der Waals surface area contributed by atoms with Gasteiger partial charge in [0.1, 0.15) is 0 Å². The molecule has 0 aliphatic carbocycles. The van der Waals surface area contributed by atoms with Crippen molar-refractivity contribution in [3.8, 4) is 0 Å². The summed E-state index contributed by atoms with van der Waals surface area (Å²) in [6.45, 7) is 3.33. The summed E-state index contributed by atoms with van der Waals surface area (Å²) in [6.07, 6.45) is 2.24. The van der Waals surface area contributed by atoms with Crippen molar-refractivity contribution in [2.45, 2.75) is 25.3 Å². The smallest absolute Gasteiger partial charge is 0.275 e. The van der Waals surface area contributed by atoms with Gasteiger partial charge in [0, 0.05) is 23.6 Å². The number of rotatable bonds is 5. The van der Waals surface area contributed by atoms with Crippen LogP contribution in [0.25, 0.3) is 10.2 Å². The number of carbonyl (C=O) groups excluding carboxylic acids is 1. The van der Waals surface area contributed by atoms with Crippen LogP contribution in [0.2, 0.25) is 0 Å². The number of aromatic nitrogens is 1. The number of hydrogen-bond acceptors (Lipinski definition) is 4. The standard InChI is InChI=1S/C19H21N3OS2/c23-18(20-12-15-4-3-11-24-15)13-22-9-7-14(8-10-22)19-21-16-5-1-2-6-17(16)25-19/h1-6,11,14H,7-10,12-13H2,(H,20,23)/p+1. The molecule has 0 atom stereocenters. The molecule has 25 heavy (non-hydrogen) atoms. The monoisotopic (exact) mass is 372 g/mol. The van der Waals surface area contributed by atoms with Gasteiger partial charge in [-0.2, -0.15) is 0 Å². The molecule has 0 spiro atoms. The fourth-order valence-corrected chi connectivity index (χ4v) is 5.18. The van der Waals surface area contributed by atoms with E-state index in [1.165, 1.54) is 19.5 Å². The SMILES string of the molecule is O=C(C[NH+]1CCC(c2nc3ccccc3s2)CC1)NCc1cccs1. The Morgan fingerprint density at radius 2 is 2.04 bits per heavy atom. The maximum absolute atomic E-state index is 12.1. The Kier molecular flexibility index (Phi) is 5.10. The topological polar surface area (TPSA) is 46.4 Å². The first kappa shape index (κ1) is 16.7. The number of nitrogens with one attached hydrogen (secondary N) is 2. The zero-order valence-electron chi connectivity index (χ0n) is 14.0. The molecular weight excluding hydrogens is 350 g/mol. The van der Waals surface area contributed by atoms with E-state index in [0.717, 1.165) is 31.4 Å². The average Bonchev–Trinajstić information content (AvgIpc) is 3.30. The molecule has 3 aromatic rings. The molecule has 0 unspecified atom stereocenters. The van der Waals surface area contributed by atoms with Crippen molar-refractivity contribution >= 4 is 38.8 Å².